The highest BCUT2D eigenvalue weighted by molar-refractivity contribution is 5.93. The molecule has 0 aromatic heterocycles. The first-order valence-corrected chi connectivity index (χ1v) is 7.75. The molecule has 132 valence electrons. The number of aryl methyl sites for hydroxylation is 1. The van der Waals surface area contributed by atoms with Crippen LogP contribution in [0.1, 0.15) is 30.9 Å². The van der Waals surface area contributed by atoms with Crippen molar-refractivity contribution < 1.29 is 18.8 Å². The number of carbonyl (C=O) groups excluding carboxylic acids is 1. The Labute approximate surface area is 144 Å². The van der Waals surface area contributed by atoms with Gasteiger partial charge in [0.25, 0.3) is 5.91 Å². The predicted octanol–water partition coefficient (Wildman–Crippen LogP) is 4.18. The number of halogens is 1. The zero-order valence-corrected chi connectivity index (χ0v) is 14.2. The molecule has 0 fully saturated rings. The third-order valence-electron chi connectivity index (χ3n) is 3.67. The molecule has 0 aliphatic heterocycles. The molecule has 0 aliphatic carbocycles. The molecular weight excluding hydrogens is 327 g/mol. The number of amides is 1. The number of benzene rings is 2. The summed E-state index contributed by atoms with van der Waals surface area (Å²) in [6.07, 6.45) is 0. The Hall–Kier alpha value is -2.96. The molecular formula is C18H19FN2O4. The van der Waals surface area contributed by atoms with Crippen LogP contribution in [-0.2, 0) is 4.79 Å². The Kier molecular flexibility index (Phi) is 5.69. The van der Waals surface area contributed by atoms with E-state index in [0.29, 0.717) is 5.69 Å². The van der Waals surface area contributed by atoms with Gasteiger partial charge in [-0.15, -0.1) is 0 Å². The van der Waals surface area contributed by atoms with E-state index in [2.05, 4.69) is 5.32 Å². The average Bonchev–Trinajstić information content (AvgIpc) is 2.54. The maximum absolute atomic E-state index is 13.3. The van der Waals surface area contributed by atoms with E-state index >= 15 is 0 Å². The fraction of sp³-hybridized carbons (Fsp3) is 0.278. The first kappa shape index (κ1) is 18.4. The number of nitro benzene ring substituents is 1. The van der Waals surface area contributed by atoms with E-state index < -0.39 is 28.9 Å². The van der Waals surface area contributed by atoms with Gasteiger partial charge in [-0.2, -0.15) is 0 Å². The van der Waals surface area contributed by atoms with Crippen LogP contribution < -0.4 is 10.1 Å². The second-order valence-corrected chi connectivity index (χ2v) is 5.90. The lowest BCUT2D eigenvalue weighted by atomic mass is 9.98. The molecule has 0 unspecified atom stereocenters. The summed E-state index contributed by atoms with van der Waals surface area (Å²) in [5.74, 6) is -1.23. The normalized spacial score (nSPS) is 10.6. The molecule has 2 aromatic carbocycles. The third-order valence-corrected chi connectivity index (χ3v) is 3.67. The van der Waals surface area contributed by atoms with E-state index in [1.165, 1.54) is 0 Å². The largest absolute Gasteiger partial charge is 0.477 e. The Morgan fingerprint density at radius 1 is 1.32 bits per heavy atom. The summed E-state index contributed by atoms with van der Waals surface area (Å²) < 4.78 is 18.4. The minimum Gasteiger partial charge on any atom is -0.477 e. The molecule has 0 saturated carbocycles. The summed E-state index contributed by atoms with van der Waals surface area (Å²) in [4.78, 5) is 22.4. The van der Waals surface area contributed by atoms with Gasteiger partial charge < -0.3 is 10.1 Å². The number of anilines is 1. The Bertz CT molecular complexity index is 806. The number of rotatable bonds is 6. The van der Waals surface area contributed by atoms with Crippen molar-refractivity contribution in [1.82, 2.24) is 0 Å². The standard InChI is InChI=1S/C18H19FN2O4/c1-11(2)14-6-4-5-12(3)18(14)20-17(22)10-25-16-9-13(19)7-8-15(16)21(23)24/h4-9,11H,10H2,1-3H3,(H,20,22). The molecule has 0 spiro atoms. The smallest absolute Gasteiger partial charge is 0.311 e. The van der Waals surface area contributed by atoms with Crippen molar-refractivity contribution in [1.29, 1.82) is 0 Å². The second-order valence-electron chi connectivity index (χ2n) is 5.90. The first-order valence-electron chi connectivity index (χ1n) is 7.75. The molecule has 0 saturated heterocycles. The predicted molar refractivity (Wildman–Crippen MR) is 92.4 cm³/mol. The quantitative estimate of drug-likeness (QED) is 0.628. The van der Waals surface area contributed by atoms with Crippen molar-refractivity contribution in [3.05, 3.63) is 63.5 Å². The molecule has 0 radical (unpaired) electrons. The summed E-state index contributed by atoms with van der Waals surface area (Å²) in [7, 11) is 0. The number of hydrogen-bond acceptors (Lipinski definition) is 4. The van der Waals surface area contributed by atoms with E-state index in [0.717, 1.165) is 29.3 Å². The maximum atomic E-state index is 13.3. The van der Waals surface area contributed by atoms with E-state index in [1.54, 1.807) is 0 Å². The van der Waals surface area contributed by atoms with Crippen LogP contribution in [0.3, 0.4) is 0 Å². The van der Waals surface area contributed by atoms with Gasteiger partial charge in [-0.05, 0) is 30.0 Å². The summed E-state index contributed by atoms with van der Waals surface area (Å²) >= 11 is 0. The SMILES string of the molecule is Cc1cccc(C(C)C)c1NC(=O)COc1cc(F)ccc1[N+](=O)[O-]. The Balaban J connectivity index is 2.13. The van der Waals surface area contributed by atoms with Gasteiger partial charge in [0, 0.05) is 17.8 Å². The zero-order chi connectivity index (χ0) is 18.6. The number of nitro groups is 1. The highest BCUT2D eigenvalue weighted by Gasteiger charge is 2.18. The van der Waals surface area contributed by atoms with Gasteiger partial charge in [0.05, 0.1) is 4.92 Å². The molecule has 7 heteroatoms. The van der Waals surface area contributed by atoms with Crippen LogP contribution in [0.2, 0.25) is 0 Å². The van der Waals surface area contributed by atoms with Crippen LogP contribution in [0.5, 0.6) is 5.75 Å². The minimum atomic E-state index is -0.690. The van der Waals surface area contributed by atoms with Crippen LogP contribution in [0.25, 0.3) is 0 Å². The van der Waals surface area contributed by atoms with Gasteiger partial charge >= 0.3 is 5.69 Å². The molecule has 1 amide bonds. The summed E-state index contributed by atoms with van der Waals surface area (Å²) in [5.41, 5.74) is 2.18. The molecule has 0 aliphatic rings. The first-order chi connectivity index (χ1) is 11.8. The van der Waals surface area contributed by atoms with E-state index in [1.807, 2.05) is 39.0 Å². The molecule has 6 nitrogen and oxygen atoms in total. The van der Waals surface area contributed by atoms with Crippen LogP contribution >= 0.6 is 0 Å². The number of hydrogen-bond donors (Lipinski definition) is 1. The summed E-state index contributed by atoms with van der Waals surface area (Å²) in [5, 5.41) is 13.7. The average molecular weight is 346 g/mol. The topological polar surface area (TPSA) is 81.5 Å². The van der Waals surface area contributed by atoms with Crippen LogP contribution in [0.4, 0.5) is 15.8 Å². The molecule has 1 N–H and O–H groups in total. The van der Waals surface area contributed by atoms with E-state index in [9.17, 15) is 19.3 Å². The number of para-hydroxylation sites is 1. The molecule has 0 bridgehead atoms. The summed E-state index contributed by atoms with van der Waals surface area (Å²) in [6.45, 7) is 5.43. The van der Waals surface area contributed by atoms with Gasteiger partial charge in [-0.25, -0.2) is 4.39 Å². The molecule has 25 heavy (non-hydrogen) atoms. The van der Waals surface area contributed by atoms with Crippen LogP contribution in [0.15, 0.2) is 36.4 Å². The number of ether oxygens (including phenoxy) is 1. The van der Waals surface area contributed by atoms with Gasteiger partial charge in [0.2, 0.25) is 5.75 Å². The Morgan fingerprint density at radius 2 is 2.04 bits per heavy atom. The van der Waals surface area contributed by atoms with Crippen molar-refractivity contribution in [2.24, 2.45) is 0 Å². The minimum absolute atomic E-state index is 0.209. The van der Waals surface area contributed by atoms with Crippen LogP contribution in [0, 0.1) is 22.9 Å². The molecule has 2 rings (SSSR count). The maximum Gasteiger partial charge on any atom is 0.311 e. The fourth-order valence-electron chi connectivity index (χ4n) is 2.42. The van der Waals surface area contributed by atoms with Crippen LogP contribution in [-0.4, -0.2) is 17.4 Å². The van der Waals surface area contributed by atoms with Crippen molar-refractivity contribution in [3.8, 4) is 5.75 Å². The zero-order valence-electron chi connectivity index (χ0n) is 14.2. The highest BCUT2D eigenvalue weighted by Crippen LogP contribution is 2.29. The molecule has 0 atom stereocenters. The fourth-order valence-corrected chi connectivity index (χ4v) is 2.42. The lowest BCUT2D eigenvalue weighted by Crippen LogP contribution is -2.22. The van der Waals surface area contributed by atoms with Crippen molar-refractivity contribution in [3.63, 3.8) is 0 Å². The lowest BCUT2D eigenvalue weighted by molar-refractivity contribution is -0.385. The van der Waals surface area contributed by atoms with Gasteiger partial charge in [0.1, 0.15) is 5.82 Å². The van der Waals surface area contributed by atoms with Gasteiger partial charge in [0.15, 0.2) is 6.61 Å². The van der Waals surface area contributed by atoms with Gasteiger partial charge in [-0.1, -0.05) is 32.0 Å². The van der Waals surface area contributed by atoms with E-state index in [4.69, 9.17) is 4.74 Å². The third kappa shape index (κ3) is 4.53. The molecule has 2 aromatic rings. The van der Waals surface area contributed by atoms with Gasteiger partial charge in [-0.3, -0.25) is 14.9 Å². The second kappa shape index (κ2) is 7.74. The molecule has 0 heterocycles. The van der Waals surface area contributed by atoms with Crippen molar-refractivity contribution >= 4 is 17.3 Å². The summed E-state index contributed by atoms with van der Waals surface area (Å²) in [6, 6.07) is 8.56. The number of carbonyl (C=O) groups is 1. The van der Waals surface area contributed by atoms with Crippen molar-refractivity contribution in [2.45, 2.75) is 26.7 Å². The lowest BCUT2D eigenvalue weighted by Gasteiger charge is -2.16. The highest BCUT2D eigenvalue weighted by atomic mass is 19.1. The Morgan fingerprint density at radius 3 is 2.68 bits per heavy atom. The van der Waals surface area contributed by atoms with E-state index in [-0.39, 0.29) is 11.7 Å². The number of nitrogens with zero attached hydrogens (tertiary/aromatic N) is 1. The monoisotopic (exact) mass is 346 g/mol. The van der Waals surface area contributed by atoms with Crippen molar-refractivity contribution in [2.75, 3.05) is 11.9 Å². The number of nitrogens with one attached hydrogen (secondary N) is 1.